The van der Waals surface area contributed by atoms with Crippen LogP contribution in [0, 0.1) is 0 Å². The van der Waals surface area contributed by atoms with E-state index < -0.39 is 0 Å². The number of phenolic OH excluding ortho intramolecular Hbond substituents is 1. The summed E-state index contributed by atoms with van der Waals surface area (Å²) in [5, 5.41) is 10.5. The zero-order valence-electron chi connectivity index (χ0n) is 13.9. The number of carbonyl (C=O) groups is 2. The topological polar surface area (TPSA) is 63.6 Å². The molecule has 0 bridgehead atoms. The van der Waals surface area contributed by atoms with Crippen LogP contribution in [0.3, 0.4) is 0 Å². The molecule has 2 rings (SSSR count). The van der Waals surface area contributed by atoms with Gasteiger partial charge in [0.2, 0.25) is 0 Å². The molecule has 2 aromatic carbocycles. The van der Waals surface area contributed by atoms with Gasteiger partial charge in [-0.25, -0.2) is 0 Å². The number of halogens is 2. The smallest absolute Gasteiger partial charge is 0.163 e. The van der Waals surface area contributed by atoms with Gasteiger partial charge in [0.1, 0.15) is 0 Å². The molecule has 0 spiro atoms. The second kappa shape index (κ2) is 9.22. The molecule has 0 saturated carbocycles. The normalized spacial score (nSPS) is 11.2. The Bertz CT molecular complexity index is 865. The maximum atomic E-state index is 11.9. The molecule has 1 N–H and O–H groups in total. The summed E-state index contributed by atoms with van der Waals surface area (Å²) >= 11 is 11.8. The Hall–Kier alpha value is -2.56. The number of allylic oxidation sites excluding steroid dienone is 2. The maximum absolute atomic E-state index is 11.9. The predicted molar refractivity (Wildman–Crippen MR) is 104 cm³/mol. The van der Waals surface area contributed by atoms with Gasteiger partial charge in [0.15, 0.2) is 23.1 Å². The molecule has 0 aliphatic heterocycles. The molecular formula is C20H16Cl2O4. The molecule has 0 heterocycles. The van der Waals surface area contributed by atoms with E-state index in [0.717, 1.165) is 0 Å². The van der Waals surface area contributed by atoms with Crippen LogP contribution < -0.4 is 4.74 Å². The highest BCUT2D eigenvalue weighted by atomic mass is 35.5. The first-order valence-corrected chi connectivity index (χ1v) is 8.38. The van der Waals surface area contributed by atoms with Crippen molar-refractivity contribution in [3.63, 3.8) is 0 Å². The summed E-state index contributed by atoms with van der Waals surface area (Å²) in [6.45, 7) is 0. The second-order valence-electron chi connectivity index (χ2n) is 5.41. The monoisotopic (exact) mass is 390 g/mol. The van der Waals surface area contributed by atoms with E-state index in [9.17, 15) is 14.7 Å². The highest BCUT2D eigenvalue weighted by Crippen LogP contribution is 2.26. The lowest BCUT2D eigenvalue weighted by molar-refractivity contribution is -0.121. The van der Waals surface area contributed by atoms with Crippen molar-refractivity contribution in [3.05, 3.63) is 69.7 Å². The predicted octanol–water partition coefficient (Wildman–Crippen LogP) is 4.96. The fraction of sp³-hybridized carbons (Fsp3) is 0.100. The van der Waals surface area contributed by atoms with Crippen LogP contribution in [0.2, 0.25) is 10.0 Å². The minimum absolute atomic E-state index is 0.0115. The van der Waals surface area contributed by atoms with E-state index in [-0.39, 0.29) is 23.7 Å². The SMILES string of the molecule is COc1cc(/C=C/C(=O)CC(=O)/C=C/c2cc(Cl)cc(Cl)c2)ccc1O. The van der Waals surface area contributed by atoms with Gasteiger partial charge < -0.3 is 9.84 Å². The maximum Gasteiger partial charge on any atom is 0.163 e. The van der Waals surface area contributed by atoms with Crippen molar-refractivity contribution in [2.45, 2.75) is 6.42 Å². The van der Waals surface area contributed by atoms with E-state index in [1.54, 1.807) is 42.5 Å². The first kappa shape index (κ1) is 19.8. The van der Waals surface area contributed by atoms with Crippen LogP contribution >= 0.6 is 23.2 Å². The summed E-state index contributed by atoms with van der Waals surface area (Å²) in [4.78, 5) is 23.8. The van der Waals surface area contributed by atoms with Crippen molar-refractivity contribution < 1.29 is 19.4 Å². The van der Waals surface area contributed by atoms with Crippen molar-refractivity contribution in [1.82, 2.24) is 0 Å². The van der Waals surface area contributed by atoms with E-state index in [1.165, 1.54) is 25.3 Å². The first-order valence-electron chi connectivity index (χ1n) is 7.62. The molecule has 0 aliphatic rings. The molecular weight excluding hydrogens is 375 g/mol. The molecule has 134 valence electrons. The van der Waals surface area contributed by atoms with Crippen molar-refractivity contribution in [3.8, 4) is 11.5 Å². The Balaban J connectivity index is 1.96. The average Bonchev–Trinajstić information content (AvgIpc) is 2.58. The third kappa shape index (κ3) is 6.06. The zero-order valence-corrected chi connectivity index (χ0v) is 15.4. The Morgan fingerprint density at radius 1 is 0.962 bits per heavy atom. The van der Waals surface area contributed by atoms with Gasteiger partial charge in [0, 0.05) is 10.0 Å². The third-order valence-corrected chi connectivity index (χ3v) is 3.80. The van der Waals surface area contributed by atoms with Gasteiger partial charge in [-0.1, -0.05) is 41.4 Å². The number of phenols is 1. The van der Waals surface area contributed by atoms with Gasteiger partial charge in [0.05, 0.1) is 13.5 Å². The van der Waals surface area contributed by atoms with Crippen LogP contribution in [0.25, 0.3) is 12.2 Å². The quantitative estimate of drug-likeness (QED) is 0.535. The van der Waals surface area contributed by atoms with Crippen LogP contribution in [0.5, 0.6) is 11.5 Å². The van der Waals surface area contributed by atoms with Gasteiger partial charge in [-0.3, -0.25) is 9.59 Å². The van der Waals surface area contributed by atoms with Crippen molar-refractivity contribution in [2.75, 3.05) is 7.11 Å². The fourth-order valence-electron chi connectivity index (χ4n) is 2.14. The molecule has 0 radical (unpaired) electrons. The fourth-order valence-corrected chi connectivity index (χ4v) is 2.68. The average molecular weight is 391 g/mol. The number of aromatic hydroxyl groups is 1. The van der Waals surface area contributed by atoms with Crippen molar-refractivity contribution >= 4 is 46.9 Å². The summed E-state index contributed by atoms with van der Waals surface area (Å²) < 4.78 is 5.00. The van der Waals surface area contributed by atoms with Crippen molar-refractivity contribution in [1.29, 1.82) is 0 Å². The highest BCUT2D eigenvalue weighted by molar-refractivity contribution is 6.34. The summed E-state index contributed by atoms with van der Waals surface area (Å²) in [6.07, 6.45) is 5.49. The van der Waals surface area contributed by atoms with Gasteiger partial charge in [-0.15, -0.1) is 0 Å². The number of ether oxygens (including phenoxy) is 1. The molecule has 0 amide bonds. The molecule has 0 fully saturated rings. The van der Waals surface area contributed by atoms with Gasteiger partial charge >= 0.3 is 0 Å². The number of hydrogen-bond donors (Lipinski definition) is 1. The molecule has 0 aliphatic carbocycles. The molecule has 0 unspecified atom stereocenters. The van der Waals surface area contributed by atoms with Gasteiger partial charge in [-0.05, 0) is 53.6 Å². The summed E-state index contributed by atoms with van der Waals surface area (Å²) in [7, 11) is 1.44. The van der Waals surface area contributed by atoms with Crippen LogP contribution in [0.1, 0.15) is 17.5 Å². The van der Waals surface area contributed by atoms with E-state index in [0.29, 0.717) is 26.9 Å². The second-order valence-corrected chi connectivity index (χ2v) is 6.28. The largest absolute Gasteiger partial charge is 0.504 e. The summed E-state index contributed by atoms with van der Waals surface area (Å²) in [5.74, 6) is -0.356. The Morgan fingerprint density at radius 3 is 2.12 bits per heavy atom. The van der Waals surface area contributed by atoms with E-state index in [1.807, 2.05) is 0 Å². The summed E-state index contributed by atoms with van der Waals surface area (Å²) in [6, 6.07) is 9.60. The lowest BCUT2D eigenvalue weighted by Gasteiger charge is -2.03. The lowest BCUT2D eigenvalue weighted by atomic mass is 10.1. The Labute approximate surface area is 161 Å². The van der Waals surface area contributed by atoms with E-state index in [4.69, 9.17) is 27.9 Å². The van der Waals surface area contributed by atoms with E-state index >= 15 is 0 Å². The Kier molecular flexibility index (Phi) is 7.01. The minimum atomic E-state index is -0.337. The van der Waals surface area contributed by atoms with Gasteiger partial charge in [0.25, 0.3) is 0 Å². The molecule has 0 saturated heterocycles. The van der Waals surface area contributed by atoms with Crippen LogP contribution in [-0.4, -0.2) is 23.8 Å². The number of ketones is 2. The molecule has 0 atom stereocenters. The minimum Gasteiger partial charge on any atom is -0.504 e. The number of benzene rings is 2. The third-order valence-electron chi connectivity index (χ3n) is 3.36. The molecule has 26 heavy (non-hydrogen) atoms. The lowest BCUT2D eigenvalue weighted by Crippen LogP contribution is -2.01. The number of hydrogen-bond acceptors (Lipinski definition) is 4. The molecule has 0 aromatic heterocycles. The summed E-state index contributed by atoms with van der Waals surface area (Å²) in [5.41, 5.74) is 1.35. The Morgan fingerprint density at radius 2 is 1.54 bits per heavy atom. The van der Waals surface area contributed by atoms with Crippen molar-refractivity contribution in [2.24, 2.45) is 0 Å². The molecule has 6 heteroatoms. The molecule has 4 nitrogen and oxygen atoms in total. The van der Waals surface area contributed by atoms with Gasteiger partial charge in [-0.2, -0.15) is 0 Å². The molecule has 2 aromatic rings. The first-order chi connectivity index (χ1) is 12.4. The van der Waals surface area contributed by atoms with Crippen LogP contribution in [0.4, 0.5) is 0 Å². The van der Waals surface area contributed by atoms with E-state index in [2.05, 4.69) is 0 Å². The number of rotatable bonds is 7. The van der Waals surface area contributed by atoms with Crippen LogP contribution in [0.15, 0.2) is 48.6 Å². The zero-order chi connectivity index (χ0) is 19.1. The number of carbonyl (C=O) groups excluding carboxylic acids is 2. The number of methoxy groups -OCH3 is 1. The van der Waals surface area contributed by atoms with Crippen LogP contribution in [-0.2, 0) is 9.59 Å². The standard InChI is InChI=1S/C20H16Cl2O4/c1-26-20-10-13(4-7-19(20)25)2-5-17(23)12-18(24)6-3-14-8-15(21)11-16(22)9-14/h2-11,25H,12H2,1H3/b5-2+,6-3+. The highest BCUT2D eigenvalue weighted by Gasteiger charge is 2.05.